The van der Waals surface area contributed by atoms with E-state index in [0.29, 0.717) is 30.3 Å². The highest BCUT2D eigenvalue weighted by atomic mass is 16.2. The van der Waals surface area contributed by atoms with Gasteiger partial charge in [0.1, 0.15) is 0 Å². The number of amides is 1. The molecule has 2 aromatic rings. The molecule has 0 bridgehead atoms. The Morgan fingerprint density at radius 2 is 2.08 bits per heavy atom. The summed E-state index contributed by atoms with van der Waals surface area (Å²) in [4.78, 5) is 33.6. The van der Waals surface area contributed by atoms with Gasteiger partial charge < -0.3 is 9.80 Å². The number of para-hydroxylation sites is 1. The van der Waals surface area contributed by atoms with Gasteiger partial charge in [0.05, 0.1) is 17.2 Å². The summed E-state index contributed by atoms with van der Waals surface area (Å²) >= 11 is 0. The van der Waals surface area contributed by atoms with Crippen molar-refractivity contribution in [2.45, 2.75) is 32.9 Å². The van der Waals surface area contributed by atoms with Gasteiger partial charge in [0.25, 0.3) is 5.56 Å². The summed E-state index contributed by atoms with van der Waals surface area (Å²) in [6, 6.07) is 6.00. The van der Waals surface area contributed by atoms with Crippen LogP contribution in [-0.2, 0) is 11.3 Å². The van der Waals surface area contributed by atoms with Gasteiger partial charge in [-0.3, -0.25) is 14.2 Å². The van der Waals surface area contributed by atoms with Gasteiger partial charge in [-0.05, 0) is 38.6 Å². The molecule has 0 saturated carbocycles. The minimum atomic E-state index is -0.0811. The molecule has 25 heavy (non-hydrogen) atoms. The zero-order valence-corrected chi connectivity index (χ0v) is 15.4. The molecule has 2 atom stereocenters. The molecular weight excluding hydrogens is 316 g/mol. The molecule has 0 unspecified atom stereocenters. The van der Waals surface area contributed by atoms with Crippen LogP contribution in [0.15, 0.2) is 29.3 Å². The van der Waals surface area contributed by atoms with Gasteiger partial charge in [0.2, 0.25) is 5.91 Å². The van der Waals surface area contributed by atoms with Crippen LogP contribution < -0.4 is 5.56 Å². The maximum absolute atomic E-state index is 12.6. The van der Waals surface area contributed by atoms with E-state index in [-0.39, 0.29) is 11.5 Å². The molecule has 1 aromatic heterocycles. The van der Waals surface area contributed by atoms with Gasteiger partial charge in [-0.15, -0.1) is 0 Å². The quantitative estimate of drug-likeness (QED) is 0.845. The van der Waals surface area contributed by atoms with Crippen LogP contribution in [0.1, 0.15) is 18.9 Å². The number of carbonyl (C=O) groups excluding carboxylic acids is 1. The maximum Gasteiger partial charge on any atom is 0.261 e. The first-order valence-corrected chi connectivity index (χ1v) is 8.77. The highest BCUT2D eigenvalue weighted by Gasteiger charge is 2.33. The molecule has 1 saturated heterocycles. The lowest BCUT2D eigenvalue weighted by molar-refractivity contribution is -0.130. The van der Waals surface area contributed by atoms with Gasteiger partial charge in [0.15, 0.2) is 0 Å². The lowest BCUT2D eigenvalue weighted by atomic mass is 10.1. The number of benzene rings is 1. The first-order chi connectivity index (χ1) is 11.9. The van der Waals surface area contributed by atoms with E-state index in [9.17, 15) is 9.59 Å². The molecule has 0 N–H and O–H groups in total. The van der Waals surface area contributed by atoms with Crippen molar-refractivity contribution in [3.63, 3.8) is 0 Å². The van der Waals surface area contributed by atoms with E-state index in [4.69, 9.17) is 0 Å². The smallest absolute Gasteiger partial charge is 0.261 e. The maximum atomic E-state index is 12.6. The monoisotopic (exact) mass is 342 g/mol. The van der Waals surface area contributed by atoms with Crippen LogP contribution in [0.2, 0.25) is 0 Å². The van der Waals surface area contributed by atoms with E-state index >= 15 is 0 Å². The number of carbonyl (C=O) groups is 1. The molecule has 1 fully saturated rings. The van der Waals surface area contributed by atoms with E-state index in [1.165, 1.54) is 0 Å². The molecule has 134 valence electrons. The van der Waals surface area contributed by atoms with Crippen molar-refractivity contribution in [2.24, 2.45) is 5.92 Å². The molecule has 3 rings (SSSR count). The second-order valence-corrected chi connectivity index (χ2v) is 7.27. The van der Waals surface area contributed by atoms with E-state index in [1.807, 2.05) is 24.0 Å². The Kier molecular flexibility index (Phi) is 4.90. The van der Waals surface area contributed by atoms with Crippen LogP contribution in [0, 0.1) is 12.8 Å². The van der Waals surface area contributed by atoms with E-state index in [2.05, 4.69) is 30.9 Å². The molecule has 1 amide bonds. The zero-order chi connectivity index (χ0) is 18.1. The average molecular weight is 342 g/mol. The number of hydrogen-bond donors (Lipinski definition) is 0. The van der Waals surface area contributed by atoms with Crippen LogP contribution in [-0.4, -0.2) is 58.5 Å². The molecule has 0 spiro atoms. The molecule has 0 radical (unpaired) electrons. The van der Waals surface area contributed by atoms with Crippen LogP contribution in [0.5, 0.6) is 0 Å². The second-order valence-electron chi connectivity index (χ2n) is 7.27. The van der Waals surface area contributed by atoms with Crippen molar-refractivity contribution in [1.82, 2.24) is 19.4 Å². The van der Waals surface area contributed by atoms with Crippen molar-refractivity contribution in [3.8, 4) is 0 Å². The first kappa shape index (κ1) is 17.6. The Labute approximate surface area is 148 Å². The van der Waals surface area contributed by atoms with Crippen LogP contribution in [0.25, 0.3) is 10.9 Å². The van der Waals surface area contributed by atoms with Crippen LogP contribution in [0.4, 0.5) is 0 Å². The minimum Gasteiger partial charge on any atom is -0.341 e. The third-order valence-corrected chi connectivity index (χ3v) is 5.21. The van der Waals surface area contributed by atoms with Gasteiger partial charge in [-0.25, -0.2) is 4.98 Å². The highest BCUT2D eigenvalue weighted by molar-refractivity contribution is 5.80. The third-order valence-electron chi connectivity index (χ3n) is 5.21. The van der Waals surface area contributed by atoms with Crippen molar-refractivity contribution >= 4 is 16.8 Å². The number of hydrogen-bond acceptors (Lipinski definition) is 4. The third kappa shape index (κ3) is 3.44. The second kappa shape index (κ2) is 6.96. The largest absolute Gasteiger partial charge is 0.341 e. The van der Waals surface area contributed by atoms with Crippen molar-refractivity contribution < 1.29 is 4.79 Å². The number of aryl methyl sites for hydroxylation is 2. The van der Waals surface area contributed by atoms with E-state index in [1.54, 1.807) is 17.0 Å². The molecular formula is C19H26N4O2. The minimum absolute atomic E-state index is 0.0811. The van der Waals surface area contributed by atoms with Crippen molar-refractivity contribution in [1.29, 1.82) is 0 Å². The Hall–Kier alpha value is -2.21. The summed E-state index contributed by atoms with van der Waals surface area (Å²) in [5.74, 6) is 0.569. The normalized spacial score (nSPS) is 20.6. The Bertz CT molecular complexity index is 843. The standard InChI is InChI=1S/C19H26N4O2/c1-13-6-5-7-15-18(13)20-12-22(19(15)25)9-8-17(24)23-10-14(2)16(11-23)21(3)4/h5-7,12,14,16H,8-11H2,1-4H3/t14-,16-/m0/s1. The number of likely N-dealkylation sites (tertiary alicyclic amines) is 1. The topological polar surface area (TPSA) is 58.4 Å². The summed E-state index contributed by atoms with van der Waals surface area (Å²) in [6.45, 7) is 6.03. The Morgan fingerprint density at radius 3 is 2.76 bits per heavy atom. The molecule has 2 heterocycles. The Balaban J connectivity index is 1.70. The van der Waals surface area contributed by atoms with Crippen molar-refractivity contribution in [3.05, 3.63) is 40.4 Å². The molecule has 6 nitrogen and oxygen atoms in total. The van der Waals surface area contributed by atoms with E-state index in [0.717, 1.165) is 24.2 Å². The predicted molar refractivity (Wildman–Crippen MR) is 98.6 cm³/mol. The zero-order valence-electron chi connectivity index (χ0n) is 15.4. The molecule has 1 aliphatic rings. The van der Waals surface area contributed by atoms with Gasteiger partial charge in [-0.2, -0.15) is 0 Å². The summed E-state index contributed by atoms with van der Waals surface area (Å²) in [5.41, 5.74) is 1.64. The molecule has 6 heteroatoms. The molecule has 0 aliphatic carbocycles. The first-order valence-electron chi connectivity index (χ1n) is 8.77. The predicted octanol–water partition coefficient (Wildman–Crippen LogP) is 1.50. The summed E-state index contributed by atoms with van der Waals surface area (Å²) in [6.07, 6.45) is 1.88. The highest BCUT2D eigenvalue weighted by Crippen LogP contribution is 2.20. The van der Waals surface area contributed by atoms with Gasteiger partial charge in [-0.1, -0.05) is 19.1 Å². The lowest BCUT2D eigenvalue weighted by Crippen LogP contribution is -2.36. The van der Waals surface area contributed by atoms with Crippen LogP contribution in [0.3, 0.4) is 0 Å². The van der Waals surface area contributed by atoms with Gasteiger partial charge in [0, 0.05) is 32.1 Å². The van der Waals surface area contributed by atoms with Crippen molar-refractivity contribution in [2.75, 3.05) is 27.2 Å². The SMILES string of the molecule is Cc1cccc2c(=O)n(CCC(=O)N3C[C@H](C)[C@@H](N(C)C)C3)cnc12. The summed E-state index contributed by atoms with van der Waals surface area (Å²) in [5, 5.41) is 0.609. The molecule has 1 aromatic carbocycles. The number of likely N-dealkylation sites (N-methyl/N-ethyl adjacent to an activating group) is 1. The van der Waals surface area contributed by atoms with E-state index < -0.39 is 0 Å². The number of rotatable bonds is 4. The Morgan fingerprint density at radius 1 is 1.32 bits per heavy atom. The van der Waals surface area contributed by atoms with Gasteiger partial charge >= 0.3 is 0 Å². The fourth-order valence-corrected chi connectivity index (χ4v) is 3.70. The summed E-state index contributed by atoms with van der Waals surface area (Å²) < 4.78 is 1.54. The number of aromatic nitrogens is 2. The van der Waals surface area contributed by atoms with Crippen LogP contribution >= 0.6 is 0 Å². The number of fused-ring (bicyclic) bond motifs is 1. The fourth-order valence-electron chi connectivity index (χ4n) is 3.70. The number of nitrogens with zero attached hydrogens (tertiary/aromatic N) is 4. The fraction of sp³-hybridized carbons (Fsp3) is 0.526. The average Bonchev–Trinajstić information content (AvgIpc) is 2.97. The lowest BCUT2D eigenvalue weighted by Gasteiger charge is -2.22. The summed E-state index contributed by atoms with van der Waals surface area (Å²) in [7, 11) is 4.11. The molecule has 1 aliphatic heterocycles.